The Morgan fingerprint density at radius 1 is 0.871 bits per heavy atom. The van der Waals surface area contributed by atoms with E-state index >= 15 is 0 Å². The number of benzene rings is 3. The maximum absolute atomic E-state index is 13.3. The van der Waals surface area contributed by atoms with Crippen molar-refractivity contribution >= 4 is 28.8 Å². The summed E-state index contributed by atoms with van der Waals surface area (Å²) in [5.74, 6) is -0.594. The van der Waals surface area contributed by atoms with Gasteiger partial charge < -0.3 is 10.1 Å². The average molecular weight is 416 g/mol. The van der Waals surface area contributed by atoms with Crippen molar-refractivity contribution in [1.82, 2.24) is 0 Å². The third-order valence-corrected chi connectivity index (χ3v) is 4.83. The molecule has 0 unspecified atom stereocenters. The van der Waals surface area contributed by atoms with Crippen LogP contribution in [0.15, 0.2) is 84.6 Å². The molecule has 0 saturated heterocycles. The Bertz CT molecular complexity index is 1120. The summed E-state index contributed by atoms with van der Waals surface area (Å²) in [4.78, 5) is 27.8. The standard InChI is InChI=1S/C25H21FN2O3/c1-2-16-31-21-14-8-17(9-15-21)22-23(27-19-12-10-18(26)11-13-19)25(30)28(24(22)29)20-6-4-3-5-7-20/h3-15,27H,2,16H2,1H3. The second-order valence-corrected chi connectivity index (χ2v) is 7.04. The third-order valence-electron chi connectivity index (χ3n) is 4.83. The summed E-state index contributed by atoms with van der Waals surface area (Å²) >= 11 is 0. The molecule has 1 heterocycles. The van der Waals surface area contributed by atoms with Crippen molar-refractivity contribution in [3.8, 4) is 5.75 Å². The molecule has 2 amide bonds. The van der Waals surface area contributed by atoms with Crippen LogP contribution in [0, 0.1) is 5.82 Å². The lowest BCUT2D eigenvalue weighted by Gasteiger charge is -2.15. The predicted octanol–water partition coefficient (Wildman–Crippen LogP) is 5.01. The van der Waals surface area contributed by atoms with Crippen LogP contribution in [0.5, 0.6) is 5.75 Å². The highest BCUT2D eigenvalue weighted by Gasteiger charge is 2.40. The highest BCUT2D eigenvalue weighted by molar-refractivity contribution is 6.46. The molecule has 0 atom stereocenters. The predicted molar refractivity (Wildman–Crippen MR) is 118 cm³/mol. The van der Waals surface area contributed by atoms with Crippen LogP contribution < -0.4 is 15.0 Å². The molecule has 1 aliphatic heterocycles. The van der Waals surface area contributed by atoms with Gasteiger partial charge in [-0.3, -0.25) is 9.59 Å². The second kappa shape index (κ2) is 8.83. The molecule has 0 aromatic heterocycles. The van der Waals surface area contributed by atoms with Gasteiger partial charge in [0.05, 0.1) is 17.9 Å². The monoisotopic (exact) mass is 416 g/mol. The van der Waals surface area contributed by atoms with Crippen LogP contribution in [0.4, 0.5) is 15.8 Å². The van der Waals surface area contributed by atoms with Crippen LogP contribution in [0.3, 0.4) is 0 Å². The van der Waals surface area contributed by atoms with Crippen LogP contribution in [-0.2, 0) is 9.59 Å². The third kappa shape index (κ3) is 4.19. The molecule has 1 N–H and O–H groups in total. The van der Waals surface area contributed by atoms with Crippen LogP contribution in [0.1, 0.15) is 18.9 Å². The van der Waals surface area contributed by atoms with E-state index in [1.807, 2.05) is 13.0 Å². The summed E-state index contributed by atoms with van der Waals surface area (Å²) in [5.41, 5.74) is 1.97. The van der Waals surface area contributed by atoms with Crippen molar-refractivity contribution < 1.29 is 18.7 Å². The minimum Gasteiger partial charge on any atom is -0.494 e. The van der Waals surface area contributed by atoms with E-state index in [4.69, 9.17) is 4.74 Å². The van der Waals surface area contributed by atoms with E-state index in [0.717, 1.165) is 11.3 Å². The van der Waals surface area contributed by atoms with Gasteiger partial charge in [0.25, 0.3) is 11.8 Å². The minimum atomic E-state index is -0.471. The molecule has 0 bridgehead atoms. The number of nitrogens with zero attached hydrogens (tertiary/aromatic N) is 1. The maximum Gasteiger partial charge on any atom is 0.282 e. The van der Waals surface area contributed by atoms with Crippen molar-refractivity contribution in [2.45, 2.75) is 13.3 Å². The summed E-state index contributed by atoms with van der Waals surface area (Å²) in [5, 5.41) is 3.02. The molecular weight excluding hydrogens is 395 g/mol. The van der Waals surface area contributed by atoms with Gasteiger partial charge in [-0.1, -0.05) is 37.3 Å². The smallest absolute Gasteiger partial charge is 0.282 e. The molecule has 0 saturated carbocycles. The molecule has 31 heavy (non-hydrogen) atoms. The fourth-order valence-electron chi connectivity index (χ4n) is 3.34. The molecular formula is C25H21FN2O3. The van der Waals surface area contributed by atoms with Gasteiger partial charge >= 0.3 is 0 Å². The molecule has 3 aromatic carbocycles. The quantitative estimate of drug-likeness (QED) is 0.550. The lowest BCUT2D eigenvalue weighted by Crippen LogP contribution is -2.32. The zero-order chi connectivity index (χ0) is 21.8. The Balaban J connectivity index is 1.75. The van der Waals surface area contributed by atoms with Gasteiger partial charge in [0, 0.05) is 5.69 Å². The largest absolute Gasteiger partial charge is 0.494 e. The van der Waals surface area contributed by atoms with Gasteiger partial charge in [0.2, 0.25) is 0 Å². The van der Waals surface area contributed by atoms with Gasteiger partial charge in [0.1, 0.15) is 17.3 Å². The zero-order valence-electron chi connectivity index (χ0n) is 17.0. The first kappa shape index (κ1) is 20.3. The van der Waals surface area contributed by atoms with E-state index in [-0.39, 0.29) is 17.1 Å². The number of para-hydroxylation sites is 1. The Morgan fingerprint density at radius 2 is 1.55 bits per heavy atom. The number of carbonyl (C=O) groups excluding carboxylic acids is 2. The normalized spacial score (nSPS) is 13.7. The molecule has 156 valence electrons. The topological polar surface area (TPSA) is 58.6 Å². The van der Waals surface area contributed by atoms with Gasteiger partial charge in [-0.25, -0.2) is 9.29 Å². The first-order valence-corrected chi connectivity index (χ1v) is 10.0. The minimum absolute atomic E-state index is 0.141. The zero-order valence-corrected chi connectivity index (χ0v) is 17.0. The summed E-state index contributed by atoms with van der Waals surface area (Å²) < 4.78 is 18.9. The SMILES string of the molecule is CCCOc1ccc(C2=C(Nc3ccc(F)cc3)C(=O)N(c3ccccc3)C2=O)cc1. The molecule has 0 radical (unpaired) electrons. The number of rotatable bonds is 7. The summed E-state index contributed by atoms with van der Waals surface area (Å²) in [7, 11) is 0. The Hall–Kier alpha value is -3.93. The first-order valence-electron chi connectivity index (χ1n) is 10.0. The first-order chi connectivity index (χ1) is 15.1. The van der Waals surface area contributed by atoms with E-state index in [1.165, 1.54) is 24.3 Å². The van der Waals surface area contributed by atoms with Crippen LogP contribution in [0.25, 0.3) is 5.57 Å². The summed E-state index contributed by atoms with van der Waals surface area (Å²) in [6.45, 7) is 2.62. The molecule has 3 aromatic rings. The number of nitrogens with one attached hydrogen (secondary N) is 1. The number of hydrogen-bond donors (Lipinski definition) is 1. The van der Waals surface area contributed by atoms with Gasteiger partial charge in [-0.2, -0.15) is 0 Å². The molecule has 1 aliphatic rings. The number of anilines is 2. The second-order valence-electron chi connectivity index (χ2n) is 7.04. The van der Waals surface area contributed by atoms with Crippen molar-refractivity contribution in [2.75, 3.05) is 16.8 Å². The molecule has 0 fully saturated rings. The Kier molecular flexibility index (Phi) is 5.80. The van der Waals surface area contributed by atoms with Crippen LogP contribution in [0.2, 0.25) is 0 Å². The maximum atomic E-state index is 13.3. The summed E-state index contributed by atoms with van der Waals surface area (Å²) in [6.07, 6.45) is 0.887. The highest BCUT2D eigenvalue weighted by atomic mass is 19.1. The Labute approximate surface area is 179 Å². The summed E-state index contributed by atoms with van der Waals surface area (Å²) in [6, 6.07) is 21.4. The van der Waals surface area contributed by atoms with Crippen LogP contribution in [-0.4, -0.2) is 18.4 Å². The van der Waals surface area contributed by atoms with Gasteiger partial charge in [-0.15, -0.1) is 0 Å². The molecule has 6 heteroatoms. The number of hydrogen-bond acceptors (Lipinski definition) is 4. The van der Waals surface area contributed by atoms with Crippen molar-refractivity contribution in [2.24, 2.45) is 0 Å². The molecule has 0 aliphatic carbocycles. The number of carbonyl (C=O) groups is 2. The highest BCUT2D eigenvalue weighted by Crippen LogP contribution is 2.34. The Morgan fingerprint density at radius 3 is 2.19 bits per heavy atom. The number of imide groups is 1. The number of ether oxygens (including phenoxy) is 1. The molecule has 0 spiro atoms. The van der Waals surface area contributed by atoms with E-state index in [0.29, 0.717) is 29.3 Å². The van der Waals surface area contributed by atoms with E-state index in [1.54, 1.807) is 48.5 Å². The van der Waals surface area contributed by atoms with Crippen molar-refractivity contribution in [3.05, 3.63) is 95.9 Å². The van der Waals surface area contributed by atoms with Crippen molar-refractivity contribution in [3.63, 3.8) is 0 Å². The lowest BCUT2D eigenvalue weighted by molar-refractivity contribution is -0.120. The fourth-order valence-corrected chi connectivity index (χ4v) is 3.34. The average Bonchev–Trinajstić information content (AvgIpc) is 3.04. The van der Waals surface area contributed by atoms with Crippen LogP contribution >= 0.6 is 0 Å². The lowest BCUT2D eigenvalue weighted by atomic mass is 10.0. The van der Waals surface area contributed by atoms with Gasteiger partial charge in [-0.05, 0) is 60.5 Å². The fraction of sp³-hybridized carbons (Fsp3) is 0.120. The molecule has 4 rings (SSSR count). The number of halogens is 1. The van der Waals surface area contributed by atoms with E-state index in [2.05, 4.69) is 5.32 Å². The van der Waals surface area contributed by atoms with E-state index in [9.17, 15) is 14.0 Å². The van der Waals surface area contributed by atoms with Gasteiger partial charge in [0.15, 0.2) is 0 Å². The number of amides is 2. The van der Waals surface area contributed by atoms with E-state index < -0.39 is 11.8 Å². The molecule has 5 nitrogen and oxygen atoms in total. The van der Waals surface area contributed by atoms with Crippen molar-refractivity contribution in [1.29, 1.82) is 0 Å².